The molecule has 7 heteroatoms. The van der Waals surface area contributed by atoms with Crippen molar-refractivity contribution in [2.24, 2.45) is 7.05 Å². The molecule has 0 aliphatic heterocycles. The lowest BCUT2D eigenvalue weighted by molar-refractivity contribution is 0.639. The number of aromatic nitrogens is 5. The van der Waals surface area contributed by atoms with E-state index in [-0.39, 0.29) is 6.04 Å². The van der Waals surface area contributed by atoms with Crippen LogP contribution in [0, 0.1) is 6.92 Å². The molecule has 0 amide bonds. The fraction of sp³-hybridized carbons (Fsp3) is 0.235. The van der Waals surface area contributed by atoms with Gasteiger partial charge in [0.05, 0.1) is 6.04 Å². The number of hydrogen-bond acceptors (Lipinski definition) is 3. The van der Waals surface area contributed by atoms with Crippen LogP contribution in [0.4, 0.5) is 0 Å². The summed E-state index contributed by atoms with van der Waals surface area (Å²) in [5.74, 6) is 0.644. The van der Waals surface area contributed by atoms with Gasteiger partial charge in [-0.15, -0.1) is 0 Å². The normalized spacial score (nSPS) is 13.0. The van der Waals surface area contributed by atoms with Gasteiger partial charge < -0.3 is 4.57 Å². The van der Waals surface area contributed by atoms with E-state index in [1.165, 1.54) is 4.57 Å². The Hall–Kier alpha value is -3.09. The number of nitrogens with one attached hydrogen (secondary N) is 1. The molecule has 4 rings (SSSR count). The Morgan fingerprint density at radius 2 is 1.88 bits per heavy atom. The molecular weight excluding hydrogens is 306 g/mol. The largest absolute Gasteiger partial charge is 0.329 e. The van der Waals surface area contributed by atoms with Crippen LogP contribution in [-0.4, -0.2) is 23.5 Å². The highest BCUT2D eigenvalue weighted by Crippen LogP contribution is 2.24. The highest BCUT2D eigenvalue weighted by atomic mass is 16.2. The van der Waals surface area contributed by atoms with E-state index < -0.39 is 11.2 Å². The molecular formula is C17H17N5O2. The Morgan fingerprint density at radius 3 is 2.58 bits per heavy atom. The zero-order valence-electron chi connectivity index (χ0n) is 13.6. The van der Waals surface area contributed by atoms with Crippen LogP contribution in [0.2, 0.25) is 0 Å². The minimum absolute atomic E-state index is 0.0524. The van der Waals surface area contributed by atoms with Crippen LogP contribution in [0.15, 0.2) is 46.1 Å². The summed E-state index contributed by atoms with van der Waals surface area (Å²) in [6.07, 6.45) is 1.88. The molecule has 0 aliphatic rings. The number of hydrogen-bond donors (Lipinski definition) is 1. The minimum atomic E-state index is -0.465. The molecule has 4 aromatic rings. The summed E-state index contributed by atoms with van der Waals surface area (Å²) >= 11 is 0. The van der Waals surface area contributed by atoms with E-state index >= 15 is 0 Å². The molecule has 1 N–H and O–H groups in total. The van der Waals surface area contributed by atoms with Crippen molar-refractivity contribution >= 4 is 16.9 Å². The van der Waals surface area contributed by atoms with Gasteiger partial charge in [0.1, 0.15) is 0 Å². The van der Waals surface area contributed by atoms with Crippen molar-refractivity contribution in [3.05, 3.63) is 68.6 Å². The van der Waals surface area contributed by atoms with Crippen molar-refractivity contribution in [1.82, 2.24) is 23.5 Å². The lowest BCUT2D eigenvalue weighted by Gasteiger charge is -2.16. The molecule has 3 aromatic heterocycles. The second kappa shape index (κ2) is 4.95. The summed E-state index contributed by atoms with van der Waals surface area (Å²) in [5, 5.41) is 0. The van der Waals surface area contributed by atoms with Crippen LogP contribution in [0.1, 0.15) is 24.2 Å². The SMILES string of the molecule is Cc1cn2c3c(=O)[nH]c(=O)n(C)c3nc2n1[C@@H](C)c1ccccc1. The Kier molecular flexibility index (Phi) is 2.99. The van der Waals surface area contributed by atoms with Crippen molar-refractivity contribution in [3.8, 4) is 0 Å². The monoisotopic (exact) mass is 323 g/mol. The topological polar surface area (TPSA) is 77.1 Å². The highest BCUT2D eigenvalue weighted by molar-refractivity contribution is 5.75. The summed E-state index contributed by atoms with van der Waals surface area (Å²) in [6, 6.07) is 10.2. The van der Waals surface area contributed by atoms with E-state index in [1.807, 2.05) is 31.3 Å². The Morgan fingerprint density at radius 1 is 1.17 bits per heavy atom. The fourth-order valence-electron chi connectivity index (χ4n) is 3.25. The van der Waals surface area contributed by atoms with Crippen molar-refractivity contribution in [2.75, 3.05) is 0 Å². The van der Waals surface area contributed by atoms with Gasteiger partial charge in [-0.25, -0.2) is 4.79 Å². The van der Waals surface area contributed by atoms with Crippen molar-refractivity contribution in [3.63, 3.8) is 0 Å². The average Bonchev–Trinajstić information content (AvgIpc) is 3.07. The molecule has 1 aromatic carbocycles. The van der Waals surface area contributed by atoms with Gasteiger partial charge >= 0.3 is 5.69 Å². The van der Waals surface area contributed by atoms with Crippen LogP contribution in [0.3, 0.4) is 0 Å². The van der Waals surface area contributed by atoms with Gasteiger partial charge in [-0.05, 0) is 19.4 Å². The van der Waals surface area contributed by atoms with Gasteiger partial charge in [0.15, 0.2) is 11.2 Å². The number of H-pyrrole nitrogens is 1. The third-order valence-corrected chi connectivity index (χ3v) is 4.51. The lowest BCUT2D eigenvalue weighted by atomic mass is 10.1. The first kappa shape index (κ1) is 14.5. The maximum atomic E-state index is 12.2. The van der Waals surface area contributed by atoms with E-state index in [9.17, 15) is 9.59 Å². The summed E-state index contributed by atoms with van der Waals surface area (Å²) < 4.78 is 5.18. The van der Waals surface area contributed by atoms with Gasteiger partial charge in [-0.3, -0.25) is 18.7 Å². The summed E-state index contributed by atoms with van der Waals surface area (Å²) in [5.41, 5.74) is 2.01. The van der Waals surface area contributed by atoms with E-state index in [1.54, 1.807) is 11.4 Å². The van der Waals surface area contributed by atoms with Crippen molar-refractivity contribution < 1.29 is 0 Å². The van der Waals surface area contributed by atoms with E-state index in [2.05, 4.69) is 33.6 Å². The molecule has 1 atom stereocenters. The van der Waals surface area contributed by atoms with Crippen molar-refractivity contribution in [2.45, 2.75) is 19.9 Å². The molecule has 0 unspecified atom stereocenters. The number of fused-ring (bicyclic) bond motifs is 3. The van der Waals surface area contributed by atoms with Crippen LogP contribution >= 0.6 is 0 Å². The maximum absolute atomic E-state index is 12.2. The molecule has 122 valence electrons. The number of imidazole rings is 2. The predicted octanol–water partition coefficient (Wildman–Crippen LogP) is 1.59. The van der Waals surface area contributed by atoms with Crippen LogP contribution in [0.5, 0.6) is 0 Å². The first-order valence-electron chi connectivity index (χ1n) is 7.73. The molecule has 0 bridgehead atoms. The Labute approximate surface area is 136 Å². The number of benzene rings is 1. The van der Waals surface area contributed by atoms with E-state index in [0.29, 0.717) is 16.9 Å². The molecule has 24 heavy (non-hydrogen) atoms. The molecule has 3 heterocycles. The smallest absolute Gasteiger partial charge is 0.307 e. The molecule has 0 saturated heterocycles. The standard InChI is InChI=1S/C17H17N5O2/c1-10-9-21-13-14(20(3)17(24)19-15(13)23)18-16(21)22(10)11(2)12-7-5-4-6-8-12/h4-9,11H,1-3H3,(H,19,23,24)/t11-/m0/s1. The number of aryl methyl sites for hydroxylation is 2. The molecule has 0 aliphatic carbocycles. The first-order valence-corrected chi connectivity index (χ1v) is 7.73. The molecule has 0 spiro atoms. The summed E-state index contributed by atoms with van der Waals surface area (Å²) in [6.45, 7) is 4.07. The van der Waals surface area contributed by atoms with Gasteiger partial charge in [-0.1, -0.05) is 30.3 Å². The second-order valence-electron chi connectivity index (χ2n) is 6.00. The first-order chi connectivity index (χ1) is 11.5. The second-order valence-corrected chi connectivity index (χ2v) is 6.00. The lowest BCUT2D eigenvalue weighted by Crippen LogP contribution is -2.28. The van der Waals surface area contributed by atoms with Gasteiger partial charge in [0, 0.05) is 18.9 Å². The molecule has 0 saturated carbocycles. The van der Waals surface area contributed by atoms with Gasteiger partial charge in [0.2, 0.25) is 5.78 Å². The summed E-state index contributed by atoms with van der Waals surface area (Å²) in [4.78, 5) is 31.0. The third-order valence-electron chi connectivity index (χ3n) is 4.51. The maximum Gasteiger partial charge on any atom is 0.329 e. The van der Waals surface area contributed by atoms with E-state index in [0.717, 1.165) is 11.3 Å². The van der Waals surface area contributed by atoms with Crippen LogP contribution in [0.25, 0.3) is 16.9 Å². The number of rotatable bonds is 2. The third kappa shape index (κ3) is 1.87. The Bertz CT molecular complexity index is 1180. The summed E-state index contributed by atoms with van der Waals surface area (Å²) in [7, 11) is 1.60. The predicted molar refractivity (Wildman–Crippen MR) is 91.5 cm³/mol. The highest BCUT2D eigenvalue weighted by Gasteiger charge is 2.20. The zero-order chi connectivity index (χ0) is 17.0. The zero-order valence-corrected chi connectivity index (χ0v) is 13.6. The molecule has 0 fully saturated rings. The fourth-order valence-corrected chi connectivity index (χ4v) is 3.25. The minimum Gasteiger partial charge on any atom is -0.307 e. The number of nitrogens with zero attached hydrogens (tertiary/aromatic N) is 4. The Balaban J connectivity index is 2.08. The number of aromatic amines is 1. The van der Waals surface area contributed by atoms with Gasteiger partial charge in [0.25, 0.3) is 5.56 Å². The van der Waals surface area contributed by atoms with E-state index in [4.69, 9.17) is 0 Å². The van der Waals surface area contributed by atoms with Crippen LogP contribution in [-0.2, 0) is 7.05 Å². The molecule has 7 nitrogen and oxygen atoms in total. The van der Waals surface area contributed by atoms with Crippen molar-refractivity contribution in [1.29, 1.82) is 0 Å². The molecule has 0 radical (unpaired) electrons. The van der Waals surface area contributed by atoms with Gasteiger partial charge in [-0.2, -0.15) is 4.98 Å². The average molecular weight is 323 g/mol. The quantitative estimate of drug-likeness (QED) is 0.608. The van der Waals surface area contributed by atoms with Crippen LogP contribution < -0.4 is 11.2 Å².